The first-order valence-electron chi connectivity index (χ1n) is 5.76. The molecule has 0 aromatic heterocycles. The van der Waals surface area contributed by atoms with Crippen LogP contribution in [0, 0.1) is 5.82 Å². The predicted octanol–water partition coefficient (Wildman–Crippen LogP) is 1.62. The first-order valence-corrected chi connectivity index (χ1v) is 5.76. The van der Waals surface area contributed by atoms with E-state index in [0.29, 0.717) is 26.1 Å². The van der Waals surface area contributed by atoms with Gasteiger partial charge in [-0.1, -0.05) is 12.1 Å². The van der Waals surface area contributed by atoms with E-state index in [1.54, 1.807) is 24.0 Å². The van der Waals surface area contributed by atoms with Gasteiger partial charge in [0.05, 0.1) is 12.7 Å². The minimum atomic E-state index is -0.233. The molecule has 0 saturated carbocycles. The number of morpholine rings is 1. The highest BCUT2D eigenvalue weighted by Gasteiger charge is 2.22. The molecule has 1 amide bonds. The van der Waals surface area contributed by atoms with Gasteiger partial charge < -0.3 is 9.64 Å². The fourth-order valence-electron chi connectivity index (χ4n) is 2.01. The van der Waals surface area contributed by atoms with E-state index in [0.717, 1.165) is 5.56 Å². The molecule has 1 fully saturated rings. The summed E-state index contributed by atoms with van der Waals surface area (Å²) in [6.45, 7) is 3.42. The molecule has 1 saturated heterocycles. The quantitative estimate of drug-likeness (QED) is 0.782. The lowest BCUT2D eigenvalue weighted by Gasteiger charge is -2.32. The summed E-state index contributed by atoms with van der Waals surface area (Å²) in [5.74, 6) is -0.152. The van der Waals surface area contributed by atoms with Crippen LogP contribution in [0.3, 0.4) is 0 Å². The third-order valence-electron chi connectivity index (χ3n) is 2.96. The van der Waals surface area contributed by atoms with E-state index in [1.807, 2.05) is 0 Å². The van der Waals surface area contributed by atoms with Crippen molar-refractivity contribution in [1.29, 1.82) is 0 Å². The van der Waals surface area contributed by atoms with Gasteiger partial charge in [-0.05, 0) is 17.7 Å². The lowest BCUT2D eigenvalue weighted by Crippen LogP contribution is -2.45. The molecule has 0 radical (unpaired) electrons. The number of carbonyl (C=O) groups is 1. The normalized spacial score (nSPS) is 20.4. The molecule has 1 aromatic rings. The van der Waals surface area contributed by atoms with Gasteiger partial charge >= 0.3 is 0 Å². The number of nitrogens with zero attached hydrogens (tertiary/aromatic N) is 1. The molecule has 4 heteroatoms. The van der Waals surface area contributed by atoms with Gasteiger partial charge in [0.2, 0.25) is 5.91 Å². The van der Waals surface area contributed by atoms with Crippen molar-refractivity contribution in [3.8, 4) is 0 Å². The Hall–Kier alpha value is -1.42. The van der Waals surface area contributed by atoms with Crippen LogP contribution in [0.4, 0.5) is 4.39 Å². The molecule has 0 N–H and O–H groups in total. The summed E-state index contributed by atoms with van der Waals surface area (Å²) in [5.41, 5.74) is 1.03. The second kappa shape index (κ2) is 5.27. The number of ether oxygens (including phenoxy) is 1. The summed E-state index contributed by atoms with van der Waals surface area (Å²) in [6.07, 6.45) is 0.725. The molecule has 2 rings (SSSR count). The van der Waals surface area contributed by atoms with E-state index >= 15 is 0 Å². The topological polar surface area (TPSA) is 29.5 Å². The van der Waals surface area contributed by atoms with Crippen LogP contribution in [0.15, 0.2) is 24.3 Å². The average molecular weight is 237 g/mol. The number of halogens is 1. The highest BCUT2D eigenvalue weighted by Crippen LogP contribution is 2.12. The number of hydrogen-bond donors (Lipinski definition) is 0. The van der Waals surface area contributed by atoms with Crippen molar-refractivity contribution < 1.29 is 13.9 Å². The SMILES string of the molecule is CC(=O)N1CCOC(Cc2ccc(F)cc2)C1. The zero-order chi connectivity index (χ0) is 12.3. The molecule has 3 nitrogen and oxygen atoms in total. The molecule has 1 atom stereocenters. The first kappa shape index (κ1) is 12.0. The van der Waals surface area contributed by atoms with Gasteiger partial charge in [0.15, 0.2) is 0 Å². The van der Waals surface area contributed by atoms with Crippen molar-refractivity contribution in [2.24, 2.45) is 0 Å². The average Bonchev–Trinajstić information content (AvgIpc) is 2.32. The highest BCUT2D eigenvalue weighted by molar-refractivity contribution is 5.73. The number of benzene rings is 1. The molecule has 17 heavy (non-hydrogen) atoms. The Morgan fingerprint density at radius 1 is 1.47 bits per heavy atom. The largest absolute Gasteiger partial charge is 0.374 e. The van der Waals surface area contributed by atoms with Crippen LogP contribution in [-0.2, 0) is 16.0 Å². The molecule has 92 valence electrons. The molecule has 0 bridgehead atoms. The smallest absolute Gasteiger partial charge is 0.219 e. The Kier molecular flexibility index (Phi) is 3.74. The number of amides is 1. The van der Waals surface area contributed by atoms with Gasteiger partial charge in [-0.25, -0.2) is 4.39 Å². The standard InChI is InChI=1S/C13H16FNO2/c1-10(16)15-6-7-17-13(9-15)8-11-2-4-12(14)5-3-11/h2-5,13H,6-9H2,1H3. The Bertz CT molecular complexity index is 391. The van der Waals surface area contributed by atoms with E-state index in [1.165, 1.54) is 12.1 Å². The van der Waals surface area contributed by atoms with Crippen molar-refractivity contribution in [1.82, 2.24) is 4.90 Å². The van der Waals surface area contributed by atoms with Gasteiger partial charge in [-0.3, -0.25) is 4.79 Å². The molecule has 1 aliphatic rings. The molecule has 1 heterocycles. The summed E-state index contributed by atoms with van der Waals surface area (Å²) < 4.78 is 18.4. The van der Waals surface area contributed by atoms with Crippen LogP contribution in [0.2, 0.25) is 0 Å². The summed E-state index contributed by atoms with van der Waals surface area (Å²) in [6, 6.07) is 6.40. The Balaban J connectivity index is 1.94. The molecule has 1 aromatic carbocycles. The third kappa shape index (κ3) is 3.27. The summed E-state index contributed by atoms with van der Waals surface area (Å²) in [7, 11) is 0. The monoisotopic (exact) mass is 237 g/mol. The van der Waals surface area contributed by atoms with E-state index < -0.39 is 0 Å². The van der Waals surface area contributed by atoms with Gasteiger partial charge in [-0.15, -0.1) is 0 Å². The molecule has 0 aliphatic carbocycles. The number of carbonyl (C=O) groups excluding carboxylic acids is 1. The number of rotatable bonds is 2. The van der Waals surface area contributed by atoms with Crippen LogP contribution in [0.5, 0.6) is 0 Å². The fraction of sp³-hybridized carbons (Fsp3) is 0.462. The summed E-state index contributed by atoms with van der Waals surface area (Å²) in [4.78, 5) is 13.1. The predicted molar refractivity (Wildman–Crippen MR) is 62.1 cm³/mol. The third-order valence-corrected chi connectivity index (χ3v) is 2.96. The molecule has 0 spiro atoms. The zero-order valence-electron chi connectivity index (χ0n) is 9.86. The molecular weight excluding hydrogens is 221 g/mol. The van der Waals surface area contributed by atoms with E-state index in [2.05, 4.69) is 0 Å². The second-order valence-electron chi connectivity index (χ2n) is 4.29. The van der Waals surface area contributed by atoms with E-state index in [-0.39, 0.29) is 17.8 Å². The van der Waals surface area contributed by atoms with Crippen LogP contribution in [0.1, 0.15) is 12.5 Å². The van der Waals surface area contributed by atoms with E-state index in [4.69, 9.17) is 4.74 Å². The number of hydrogen-bond acceptors (Lipinski definition) is 2. The van der Waals surface area contributed by atoms with Crippen LogP contribution in [-0.4, -0.2) is 36.6 Å². The molecule has 1 unspecified atom stereocenters. The molecular formula is C13H16FNO2. The van der Waals surface area contributed by atoms with Crippen LogP contribution in [0.25, 0.3) is 0 Å². The lowest BCUT2D eigenvalue weighted by molar-refractivity contribution is -0.136. The Morgan fingerprint density at radius 2 is 2.18 bits per heavy atom. The maximum absolute atomic E-state index is 12.7. The first-order chi connectivity index (χ1) is 8.15. The van der Waals surface area contributed by atoms with Gasteiger partial charge in [0.25, 0.3) is 0 Å². The van der Waals surface area contributed by atoms with Gasteiger partial charge in [0, 0.05) is 26.4 Å². The van der Waals surface area contributed by atoms with Crippen molar-refractivity contribution >= 4 is 5.91 Å². The fourth-order valence-corrected chi connectivity index (χ4v) is 2.01. The maximum atomic E-state index is 12.7. The van der Waals surface area contributed by atoms with Crippen molar-refractivity contribution in [3.63, 3.8) is 0 Å². The van der Waals surface area contributed by atoms with Crippen molar-refractivity contribution in [2.75, 3.05) is 19.7 Å². The Labute approximate surface area is 100 Å². The van der Waals surface area contributed by atoms with Crippen molar-refractivity contribution in [2.45, 2.75) is 19.4 Å². The summed E-state index contributed by atoms with van der Waals surface area (Å²) in [5, 5.41) is 0. The second-order valence-corrected chi connectivity index (χ2v) is 4.29. The zero-order valence-corrected chi connectivity index (χ0v) is 9.86. The van der Waals surface area contributed by atoms with E-state index in [9.17, 15) is 9.18 Å². The van der Waals surface area contributed by atoms with Crippen molar-refractivity contribution in [3.05, 3.63) is 35.6 Å². The lowest BCUT2D eigenvalue weighted by atomic mass is 10.1. The minimum absolute atomic E-state index is 0.0121. The van der Waals surface area contributed by atoms with Crippen LogP contribution >= 0.6 is 0 Å². The van der Waals surface area contributed by atoms with Crippen LogP contribution < -0.4 is 0 Å². The Morgan fingerprint density at radius 3 is 2.82 bits per heavy atom. The van der Waals surface area contributed by atoms with Gasteiger partial charge in [-0.2, -0.15) is 0 Å². The molecule has 1 aliphatic heterocycles. The van der Waals surface area contributed by atoms with Gasteiger partial charge in [0.1, 0.15) is 5.82 Å². The summed E-state index contributed by atoms with van der Waals surface area (Å²) >= 11 is 0. The minimum Gasteiger partial charge on any atom is -0.374 e. The highest BCUT2D eigenvalue weighted by atomic mass is 19.1. The maximum Gasteiger partial charge on any atom is 0.219 e.